The van der Waals surface area contributed by atoms with E-state index in [1.807, 2.05) is 6.92 Å². The van der Waals surface area contributed by atoms with Crippen molar-refractivity contribution in [3.8, 4) is 0 Å². The Bertz CT molecular complexity index is 112. The molecule has 0 aromatic rings. The zero-order chi connectivity index (χ0) is 8.27. The number of hydrogen-bond acceptors (Lipinski definition) is 2. The monoisotopic (exact) mass is 158 g/mol. The molecule has 0 aromatic heterocycles. The molecular weight excluding hydrogens is 140 g/mol. The Balaban J connectivity index is 2.44. The van der Waals surface area contributed by atoms with Crippen LogP contribution in [0.1, 0.15) is 32.6 Å². The van der Waals surface area contributed by atoms with E-state index in [0.29, 0.717) is 11.8 Å². The molecule has 1 rings (SSSR count). The molecule has 0 bridgehead atoms. The minimum absolute atomic E-state index is 0.243. The smallest absolute Gasteiger partial charge is 0.0543 e. The quantitative estimate of drug-likeness (QED) is 0.633. The molecule has 0 aliphatic heterocycles. The van der Waals surface area contributed by atoms with Gasteiger partial charge in [0.1, 0.15) is 0 Å². The minimum Gasteiger partial charge on any atom is -0.396 e. The molecule has 1 saturated carbocycles. The van der Waals surface area contributed by atoms with E-state index in [1.165, 1.54) is 12.8 Å². The summed E-state index contributed by atoms with van der Waals surface area (Å²) < 4.78 is 0. The van der Waals surface area contributed by atoms with E-state index >= 15 is 0 Å². The lowest BCUT2D eigenvalue weighted by molar-refractivity contribution is 0.0346. The van der Waals surface area contributed by atoms with Crippen LogP contribution in [0.3, 0.4) is 0 Å². The van der Waals surface area contributed by atoms with Crippen molar-refractivity contribution in [1.29, 1.82) is 0 Å². The molecule has 3 unspecified atom stereocenters. The maximum atomic E-state index is 9.37. The molecule has 2 nitrogen and oxygen atoms in total. The van der Waals surface area contributed by atoms with Gasteiger partial charge in [0.2, 0.25) is 0 Å². The topological polar surface area (TPSA) is 40.5 Å². The van der Waals surface area contributed by atoms with Crippen LogP contribution in [-0.4, -0.2) is 22.9 Å². The van der Waals surface area contributed by atoms with Crippen molar-refractivity contribution >= 4 is 0 Å². The van der Waals surface area contributed by atoms with Crippen LogP contribution in [0.5, 0.6) is 0 Å². The van der Waals surface area contributed by atoms with Gasteiger partial charge < -0.3 is 10.2 Å². The summed E-state index contributed by atoms with van der Waals surface area (Å²) in [5, 5.41) is 18.4. The highest BCUT2D eigenvalue weighted by Gasteiger charge is 2.27. The van der Waals surface area contributed by atoms with E-state index in [1.54, 1.807) is 0 Å². The average molecular weight is 158 g/mol. The number of aliphatic hydroxyl groups is 2. The van der Waals surface area contributed by atoms with E-state index < -0.39 is 0 Å². The molecule has 11 heavy (non-hydrogen) atoms. The third-order valence-electron chi connectivity index (χ3n) is 2.82. The highest BCUT2D eigenvalue weighted by atomic mass is 16.3. The lowest BCUT2D eigenvalue weighted by Crippen LogP contribution is -2.30. The van der Waals surface area contributed by atoms with Gasteiger partial charge >= 0.3 is 0 Å². The van der Waals surface area contributed by atoms with Gasteiger partial charge in [-0.3, -0.25) is 0 Å². The van der Waals surface area contributed by atoms with E-state index in [-0.39, 0.29) is 12.7 Å². The highest BCUT2D eigenvalue weighted by Crippen LogP contribution is 2.31. The molecule has 0 radical (unpaired) electrons. The predicted octanol–water partition coefficient (Wildman–Crippen LogP) is 1.17. The summed E-state index contributed by atoms with van der Waals surface area (Å²) in [7, 11) is 0. The van der Waals surface area contributed by atoms with Gasteiger partial charge in [0.25, 0.3) is 0 Å². The van der Waals surface area contributed by atoms with Gasteiger partial charge in [-0.15, -0.1) is 0 Å². The van der Waals surface area contributed by atoms with E-state index in [2.05, 4.69) is 0 Å². The van der Waals surface area contributed by atoms with Crippen LogP contribution in [0.15, 0.2) is 0 Å². The second kappa shape index (κ2) is 4.07. The van der Waals surface area contributed by atoms with Crippen LogP contribution in [0, 0.1) is 11.8 Å². The number of aliphatic hydroxyl groups excluding tert-OH is 2. The third-order valence-corrected chi connectivity index (χ3v) is 2.82. The normalized spacial score (nSPS) is 35.2. The Morgan fingerprint density at radius 2 is 2.00 bits per heavy atom. The van der Waals surface area contributed by atoms with Gasteiger partial charge in [0.15, 0.2) is 0 Å². The maximum absolute atomic E-state index is 9.37. The Morgan fingerprint density at radius 1 is 1.36 bits per heavy atom. The van der Waals surface area contributed by atoms with E-state index in [4.69, 9.17) is 5.11 Å². The third kappa shape index (κ3) is 2.17. The molecule has 2 heteroatoms. The molecule has 66 valence electrons. The molecule has 0 saturated heterocycles. The van der Waals surface area contributed by atoms with Crippen LogP contribution >= 0.6 is 0 Å². The molecule has 1 aliphatic rings. The van der Waals surface area contributed by atoms with Gasteiger partial charge in [0, 0.05) is 6.61 Å². The van der Waals surface area contributed by atoms with Crippen molar-refractivity contribution in [2.24, 2.45) is 11.8 Å². The SMILES string of the molecule is CC(O)C1CCCCC1CO. The Labute approximate surface area is 68.2 Å². The van der Waals surface area contributed by atoms with Gasteiger partial charge in [-0.05, 0) is 31.6 Å². The summed E-state index contributed by atoms with van der Waals surface area (Å²) in [6.07, 6.45) is 4.36. The molecular formula is C9H18O2. The fraction of sp³-hybridized carbons (Fsp3) is 1.00. The average Bonchev–Trinajstić information content (AvgIpc) is 2.04. The predicted molar refractivity (Wildman–Crippen MR) is 44.2 cm³/mol. The summed E-state index contributed by atoms with van der Waals surface area (Å²) in [6, 6.07) is 0. The van der Waals surface area contributed by atoms with Crippen LogP contribution < -0.4 is 0 Å². The Hall–Kier alpha value is -0.0800. The second-order valence-corrected chi connectivity index (χ2v) is 3.63. The van der Waals surface area contributed by atoms with Gasteiger partial charge in [-0.1, -0.05) is 12.8 Å². The lowest BCUT2D eigenvalue weighted by Gasteiger charge is -2.32. The lowest BCUT2D eigenvalue weighted by atomic mass is 9.77. The summed E-state index contributed by atoms with van der Waals surface area (Å²) in [6.45, 7) is 2.08. The first kappa shape index (κ1) is 9.01. The molecule has 0 aromatic carbocycles. The van der Waals surface area contributed by atoms with Gasteiger partial charge in [0.05, 0.1) is 6.10 Å². The molecule has 2 N–H and O–H groups in total. The first-order chi connectivity index (χ1) is 5.25. The van der Waals surface area contributed by atoms with Crippen LogP contribution in [0.4, 0.5) is 0 Å². The van der Waals surface area contributed by atoms with Crippen LogP contribution in [-0.2, 0) is 0 Å². The van der Waals surface area contributed by atoms with Crippen molar-refractivity contribution < 1.29 is 10.2 Å². The van der Waals surface area contributed by atoms with Crippen molar-refractivity contribution in [2.45, 2.75) is 38.7 Å². The summed E-state index contributed by atoms with van der Waals surface area (Å²) in [4.78, 5) is 0. The molecule has 0 amide bonds. The fourth-order valence-corrected chi connectivity index (χ4v) is 2.10. The van der Waals surface area contributed by atoms with Crippen molar-refractivity contribution in [3.05, 3.63) is 0 Å². The van der Waals surface area contributed by atoms with Gasteiger partial charge in [-0.25, -0.2) is 0 Å². The standard InChI is InChI=1S/C9H18O2/c1-7(11)9-5-3-2-4-8(9)6-10/h7-11H,2-6H2,1H3. The van der Waals surface area contributed by atoms with Gasteiger partial charge in [-0.2, -0.15) is 0 Å². The zero-order valence-electron chi connectivity index (χ0n) is 7.16. The number of hydrogen-bond donors (Lipinski definition) is 2. The molecule has 1 aliphatic carbocycles. The van der Waals surface area contributed by atoms with E-state index in [9.17, 15) is 5.11 Å². The fourth-order valence-electron chi connectivity index (χ4n) is 2.10. The summed E-state index contributed by atoms with van der Waals surface area (Å²) >= 11 is 0. The first-order valence-corrected chi connectivity index (χ1v) is 4.54. The van der Waals surface area contributed by atoms with Crippen molar-refractivity contribution in [1.82, 2.24) is 0 Å². The van der Waals surface area contributed by atoms with E-state index in [0.717, 1.165) is 12.8 Å². The summed E-state index contributed by atoms with van der Waals surface area (Å²) in [5.41, 5.74) is 0. The van der Waals surface area contributed by atoms with Crippen molar-refractivity contribution in [3.63, 3.8) is 0 Å². The largest absolute Gasteiger partial charge is 0.396 e. The van der Waals surface area contributed by atoms with Crippen molar-refractivity contribution in [2.75, 3.05) is 6.61 Å². The second-order valence-electron chi connectivity index (χ2n) is 3.63. The minimum atomic E-state index is -0.243. The number of rotatable bonds is 2. The summed E-state index contributed by atoms with van der Waals surface area (Å²) in [5.74, 6) is 0.692. The van der Waals surface area contributed by atoms with Crippen LogP contribution in [0.25, 0.3) is 0 Å². The zero-order valence-corrected chi connectivity index (χ0v) is 7.16. The molecule has 1 fully saturated rings. The Kier molecular flexibility index (Phi) is 3.34. The molecule has 0 spiro atoms. The molecule has 0 heterocycles. The highest BCUT2D eigenvalue weighted by molar-refractivity contribution is 4.78. The van der Waals surface area contributed by atoms with Crippen LogP contribution in [0.2, 0.25) is 0 Å². The maximum Gasteiger partial charge on any atom is 0.0543 e. The Morgan fingerprint density at radius 3 is 2.45 bits per heavy atom. The first-order valence-electron chi connectivity index (χ1n) is 4.54. The molecule has 3 atom stereocenters.